The minimum absolute atomic E-state index is 0.0539. The van der Waals surface area contributed by atoms with E-state index in [0.29, 0.717) is 23.4 Å². The SMILES string of the molecule is CN(C)[C@@H]1C(O)=C(C(N)=O)CC(O)(O)C2C(O)=C3C(=O)c4c(O)ccc(-c5occc5CN5CCC(F)(F)CC5)c4C[C@H]3CC21. The Bertz CT molecular complexity index is 1620. The van der Waals surface area contributed by atoms with Crippen molar-refractivity contribution in [3.63, 3.8) is 0 Å². The van der Waals surface area contributed by atoms with Gasteiger partial charge < -0.3 is 35.7 Å². The number of aliphatic hydroxyl groups excluding tert-OH is 2. The number of nitrogens with two attached hydrogens (primary N) is 1. The molecule has 1 amide bonds. The molecule has 11 nitrogen and oxygen atoms in total. The molecule has 0 saturated carbocycles. The number of piperidine rings is 1. The molecule has 1 saturated heterocycles. The van der Waals surface area contributed by atoms with Crippen LogP contribution < -0.4 is 5.73 Å². The molecule has 3 aliphatic carbocycles. The number of nitrogens with zero attached hydrogens (tertiary/aromatic N) is 2. The van der Waals surface area contributed by atoms with E-state index >= 15 is 0 Å². The molecule has 6 rings (SSSR count). The first-order valence-corrected chi connectivity index (χ1v) is 14.9. The van der Waals surface area contributed by atoms with Crippen LogP contribution in [-0.4, -0.2) is 92.0 Å². The highest BCUT2D eigenvalue weighted by Crippen LogP contribution is 2.53. The lowest BCUT2D eigenvalue weighted by molar-refractivity contribution is -0.212. The number of aliphatic hydroxyl groups is 4. The highest BCUT2D eigenvalue weighted by Gasteiger charge is 2.57. The van der Waals surface area contributed by atoms with Crippen molar-refractivity contribution in [3.05, 3.63) is 63.8 Å². The molecule has 2 unspecified atom stereocenters. The summed E-state index contributed by atoms with van der Waals surface area (Å²) >= 11 is 0. The Morgan fingerprint density at radius 2 is 1.80 bits per heavy atom. The zero-order chi connectivity index (χ0) is 32.6. The summed E-state index contributed by atoms with van der Waals surface area (Å²) in [6, 6.07) is 3.77. The van der Waals surface area contributed by atoms with E-state index in [0.717, 1.165) is 5.56 Å². The number of ketones is 1. The summed E-state index contributed by atoms with van der Waals surface area (Å²) in [7, 11) is 3.27. The molecule has 1 fully saturated rings. The number of likely N-dealkylation sites (tertiary alicyclic amines) is 1. The number of phenols is 1. The fourth-order valence-electron chi connectivity index (χ4n) is 7.88. The maximum atomic E-state index is 14.1. The molecule has 13 heteroatoms. The fourth-order valence-corrected chi connectivity index (χ4v) is 7.88. The molecular weight excluding hydrogens is 592 g/mol. The molecule has 4 atom stereocenters. The first kappa shape index (κ1) is 31.2. The number of benzene rings is 1. The number of hydrogen-bond acceptors (Lipinski definition) is 10. The van der Waals surface area contributed by atoms with Gasteiger partial charge in [0.05, 0.1) is 29.4 Å². The normalized spacial score (nSPS) is 28.0. The molecule has 4 aliphatic rings. The van der Waals surface area contributed by atoms with E-state index in [4.69, 9.17) is 10.2 Å². The molecule has 2 aromatic rings. The van der Waals surface area contributed by atoms with Gasteiger partial charge in [0.25, 0.3) is 5.92 Å². The number of Topliss-reactive ketones (excluding diaryl/α,β-unsaturated/α-hetero) is 1. The minimum Gasteiger partial charge on any atom is -0.511 e. The van der Waals surface area contributed by atoms with Gasteiger partial charge in [-0.25, -0.2) is 8.78 Å². The van der Waals surface area contributed by atoms with Crippen LogP contribution in [0.5, 0.6) is 5.75 Å². The van der Waals surface area contributed by atoms with Crippen LogP contribution in [0.2, 0.25) is 0 Å². The number of amides is 1. The van der Waals surface area contributed by atoms with E-state index in [1.807, 2.05) is 4.90 Å². The van der Waals surface area contributed by atoms with E-state index in [9.17, 15) is 43.9 Å². The number of phenolic OH excluding ortho intramolecular Hbond substituents is 1. The van der Waals surface area contributed by atoms with Crippen molar-refractivity contribution >= 4 is 11.7 Å². The van der Waals surface area contributed by atoms with Crippen LogP contribution >= 0.6 is 0 Å². The minimum atomic E-state index is -2.73. The Morgan fingerprint density at radius 3 is 2.44 bits per heavy atom. The predicted molar refractivity (Wildman–Crippen MR) is 156 cm³/mol. The Labute approximate surface area is 257 Å². The second kappa shape index (κ2) is 10.9. The van der Waals surface area contributed by atoms with Gasteiger partial charge >= 0.3 is 0 Å². The van der Waals surface area contributed by atoms with Crippen molar-refractivity contribution in [2.45, 2.75) is 56.4 Å². The largest absolute Gasteiger partial charge is 0.511 e. The Morgan fingerprint density at radius 1 is 1.11 bits per heavy atom. The van der Waals surface area contributed by atoms with Crippen LogP contribution in [0.1, 0.15) is 47.2 Å². The lowest BCUT2D eigenvalue weighted by atomic mass is 9.62. The van der Waals surface area contributed by atoms with E-state index in [2.05, 4.69) is 0 Å². The van der Waals surface area contributed by atoms with Gasteiger partial charge in [0.2, 0.25) is 5.91 Å². The number of fused-ring (bicyclic) bond motifs is 3. The second-order valence-electron chi connectivity index (χ2n) is 13.0. The number of carbonyl (C=O) groups excluding carboxylic acids is 2. The number of furan rings is 1. The van der Waals surface area contributed by atoms with E-state index in [1.54, 1.807) is 31.1 Å². The number of halogens is 2. The van der Waals surface area contributed by atoms with Crippen molar-refractivity contribution in [1.82, 2.24) is 9.80 Å². The average molecular weight is 630 g/mol. The zero-order valence-corrected chi connectivity index (χ0v) is 25.0. The molecule has 1 aliphatic heterocycles. The van der Waals surface area contributed by atoms with Gasteiger partial charge in [-0.1, -0.05) is 0 Å². The quantitative estimate of drug-likeness (QED) is 0.269. The number of alkyl halides is 2. The maximum Gasteiger partial charge on any atom is 0.250 e. The van der Waals surface area contributed by atoms with Crippen LogP contribution in [-0.2, 0) is 17.8 Å². The Kier molecular flexibility index (Phi) is 7.58. The molecule has 1 aromatic carbocycles. The molecule has 0 bridgehead atoms. The third-order valence-electron chi connectivity index (χ3n) is 9.93. The van der Waals surface area contributed by atoms with Crippen LogP contribution in [0.25, 0.3) is 11.3 Å². The van der Waals surface area contributed by atoms with Crippen molar-refractivity contribution in [2.24, 2.45) is 23.5 Å². The lowest BCUT2D eigenvalue weighted by Gasteiger charge is -2.46. The molecule has 0 spiro atoms. The molecule has 7 N–H and O–H groups in total. The van der Waals surface area contributed by atoms with Gasteiger partial charge in [0.1, 0.15) is 23.0 Å². The summed E-state index contributed by atoms with van der Waals surface area (Å²) in [5, 5.41) is 56.1. The van der Waals surface area contributed by atoms with Gasteiger partial charge in [-0.05, 0) is 62.5 Å². The maximum absolute atomic E-state index is 14.1. The van der Waals surface area contributed by atoms with E-state index < -0.39 is 65.1 Å². The Hall–Kier alpha value is -3.78. The van der Waals surface area contributed by atoms with Gasteiger partial charge in [-0.3, -0.25) is 19.4 Å². The highest BCUT2D eigenvalue weighted by molar-refractivity contribution is 6.14. The van der Waals surface area contributed by atoms with Crippen molar-refractivity contribution in [2.75, 3.05) is 27.2 Å². The smallest absolute Gasteiger partial charge is 0.250 e. The third-order valence-corrected chi connectivity index (χ3v) is 9.93. The van der Waals surface area contributed by atoms with Crippen molar-refractivity contribution < 1.29 is 48.3 Å². The number of hydrogen-bond donors (Lipinski definition) is 6. The van der Waals surface area contributed by atoms with Crippen molar-refractivity contribution in [3.8, 4) is 17.1 Å². The van der Waals surface area contributed by atoms with Crippen molar-refractivity contribution in [1.29, 1.82) is 0 Å². The standard InChI is InChI=1S/C32H37F2N3O8/c1-36(2)25-19-12-16-11-18-17(29-15(5-10-45-29)14-37-8-6-31(33,34)7-9-37)3-4-21(38)23(18)27(40)22(16)28(41)24(19)32(43,44)13-20(26(25)39)30(35)42/h3-5,10,16,19,24-25,38-39,41,43-44H,6-9,11-14H2,1-2H3,(H2,35,42)/t16-,19?,24?,25-/m0/s1. The number of primary amides is 1. The monoisotopic (exact) mass is 629 g/mol. The first-order chi connectivity index (χ1) is 21.1. The molecule has 45 heavy (non-hydrogen) atoms. The molecule has 1 aromatic heterocycles. The topological polar surface area (TPSA) is 181 Å². The number of allylic oxidation sites excluding steroid dienone is 1. The predicted octanol–water partition coefficient (Wildman–Crippen LogP) is 3.00. The van der Waals surface area contributed by atoms with Gasteiger partial charge in [0, 0.05) is 55.6 Å². The van der Waals surface area contributed by atoms with E-state index in [-0.39, 0.29) is 61.2 Å². The zero-order valence-electron chi connectivity index (χ0n) is 25.0. The summed E-state index contributed by atoms with van der Waals surface area (Å²) in [4.78, 5) is 29.8. The van der Waals surface area contributed by atoms with E-state index in [1.165, 1.54) is 12.3 Å². The highest BCUT2D eigenvalue weighted by atomic mass is 19.3. The lowest BCUT2D eigenvalue weighted by Crippen LogP contribution is -2.52. The average Bonchev–Trinajstić information content (AvgIpc) is 3.36. The van der Waals surface area contributed by atoms with Gasteiger partial charge in [-0.15, -0.1) is 0 Å². The number of rotatable bonds is 5. The van der Waals surface area contributed by atoms with Gasteiger partial charge in [-0.2, -0.15) is 0 Å². The number of aromatic hydroxyl groups is 1. The number of likely N-dealkylation sites (N-methyl/N-ethyl adjacent to an activating group) is 1. The molecule has 2 heterocycles. The Balaban J connectivity index is 1.42. The second-order valence-corrected chi connectivity index (χ2v) is 13.0. The van der Waals surface area contributed by atoms with Crippen LogP contribution in [0, 0.1) is 17.8 Å². The number of carbonyl (C=O) groups is 2. The summed E-state index contributed by atoms with van der Waals surface area (Å²) in [5.41, 5.74) is 6.71. The molecule has 0 radical (unpaired) electrons. The van der Waals surface area contributed by atoms with Crippen LogP contribution in [0.4, 0.5) is 8.78 Å². The van der Waals surface area contributed by atoms with Gasteiger partial charge in [0.15, 0.2) is 11.6 Å². The van der Waals surface area contributed by atoms with Crippen LogP contribution in [0.15, 0.2) is 51.5 Å². The summed E-state index contributed by atoms with van der Waals surface area (Å²) in [6.45, 7) is 0.772. The fraction of sp³-hybridized carbons (Fsp3) is 0.500. The third kappa shape index (κ3) is 5.21. The summed E-state index contributed by atoms with van der Waals surface area (Å²) in [5.74, 6) is -11.0. The summed E-state index contributed by atoms with van der Waals surface area (Å²) in [6.07, 6.45) is 0.496. The molecular formula is C32H37F2N3O8. The van der Waals surface area contributed by atoms with Crippen LogP contribution in [0.3, 0.4) is 0 Å². The summed E-state index contributed by atoms with van der Waals surface area (Å²) < 4.78 is 33.4. The first-order valence-electron chi connectivity index (χ1n) is 14.9. The molecule has 242 valence electrons.